The van der Waals surface area contributed by atoms with E-state index in [2.05, 4.69) is 25.4 Å². The SMILES string of the molecule is c1ccc2nc(-c3nc(C4CCNCC4)no3)cnc2c1. The van der Waals surface area contributed by atoms with E-state index in [4.69, 9.17) is 4.52 Å². The molecule has 0 aliphatic carbocycles. The Bertz CT molecular complexity index is 763. The van der Waals surface area contributed by atoms with Crippen molar-refractivity contribution in [2.24, 2.45) is 0 Å². The Balaban J connectivity index is 1.67. The average Bonchev–Trinajstić information content (AvgIpc) is 3.05. The maximum atomic E-state index is 5.37. The molecule has 21 heavy (non-hydrogen) atoms. The lowest BCUT2D eigenvalue weighted by Gasteiger charge is -2.18. The molecule has 1 N–H and O–H groups in total. The molecule has 6 nitrogen and oxygen atoms in total. The van der Waals surface area contributed by atoms with Gasteiger partial charge in [0.05, 0.1) is 17.2 Å². The topological polar surface area (TPSA) is 76.7 Å². The van der Waals surface area contributed by atoms with Crippen LogP contribution in [0.3, 0.4) is 0 Å². The molecule has 2 aromatic heterocycles. The molecule has 0 unspecified atom stereocenters. The van der Waals surface area contributed by atoms with Crippen LogP contribution >= 0.6 is 0 Å². The van der Waals surface area contributed by atoms with Gasteiger partial charge in [0, 0.05) is 5.92 Å². The summed E-state index contributed by atoms with van der Waals surface area (Å²) in [4.78, 5) is 13.4. The molecule has 0 radical (unpaired) electrons. The fraction of sp³-hybridized carbons (Fsp3) is 0.333. The third-order valence-corrected chi connectivity index (χ3v) is 3.81. The van der Waals surface area contributed by atoms with E-state index in [0.717, 1.165) is 42.8 Å². The highest BCUT2D eigenvalue weighted by Crippen LogP contribution is 2.25. The third kappa shape index (κ3) is 2.38. The largest absolute Gasteiger partial charge is 0.332 e. The van der Waals surface area contributed by atoms with Gasteiger partial charge in [-0.05, 0) is 38.1 Å². The van der Waals surface area contributed by atoms with Crippen LogP contribution in [-0.4, -0.2) is 33.2 Å². The first-order chi connectivity index (χ1) is 10.4. The monoisotopic (exact) mass is 281 g/mol. The number of piperidine rings is 1. The molecular formula is C15H15N5O. The van der Waals surface area contributed by atoms with Crippen molar-refractivity contribution < 1.29 is 4.52 Å². The molecule has 1 aromatic carbocycles. The van der Waals surface area contributed by atoms with E-state index in [1.807, 2.05) is 24.3 Å². The van der Waals surface area contributed by atoms with E-state index < -0.39 is 0 Å². The normalized spacial score (nSPS) is 16.4. The van der Waals surface area contributed by atoms with E-state index in [-0.39, 0.29) is 0 Å². The Morgan fingerprint density at radius 1 is 1.05 bits per heavy atom. The van der Waals surface area contributed by atoms with E-state index in [9.17, 15) is 0 Å². The third-order valence-electron chi connectivity index (χ3n) is 3.81. The Morgan fingerprint density at radius 2 is 1.86 bits per heavy atom. The zero-order valence-corrected chi connectivity index (χ0v) is 11.5. The van der Waals surface area contributed by atoms with Crippen molar-refractivity contribution in [2.75, 3.05) is 13.1 Å². The molecule has 6 heteroatoms. The van der Waals surface area contributed by atoms with Crippen LogP contribution in [0, 0.1) is 0 Å². The smallest absolute Gasteiger partial charge is 0.278 e. The molecule has 1 fully saturated rings. The predicted molar refractivity (Wildman–Crippen MR) is 77.7 cm³/mol. The minimum absolute atomic E-state index is 0.372. The molecule has 0 amide bonds. The summed E-state index contributed by atoms with van der Waals surface area (Å²) in [6, 6.07) is 7.74. The van der Waals surface area contributed by atoms with Crippen LogP contribution in [0.25, 0.3) is 22.6 Å². The molecule has 0 saturated carbocycles. The number of benzene rings is 1. The Hall–Kier alpha value is -2.34. The summed E-state index contributed by atoms with van der Waals surface area (Å²) in [5.74, 6) is 1.60. The fourth-order valence-corrected chi connectivity index (χ4v) is 2.65. The molecule has 3 aromatic rings. The minimum atomic E-state index is 0.372. The van der Waals surface area contributed by atoms with Crippen molar-refractivity contribution in [3.05, 3.63) is 36.3 Å². The number of para-hydroxylation sites is 2. The van der Waals surface area contributed by atoms with Crippen LogP contribution in [0.1, 0.15) is 24.6 Å². The number of aromatic nitrogens is 4. The van der Waals surface area contributed by atoms with Gasteiger partial charge in [-0.25, -0.2) is 4.98 Å². The quantitative estimate of drug-likeness (QED) is 0.775. The lowest BCUT2D eigenvalue weighted by Crippen LogP contribution is -2.27. The van der Waals surface area contributed by atoms with Crippen LogP contribution in [-0.2, 0) is 0 Å². The molecule has 0 spiro atoms. The van der Waals surface area contributed by atoms with Gasteiger partial charge in [-0.15, -0.1) is 0 Å². The highest BCUT2D eigenvalue weighted by molar-refractivity contribution is 5.75. The molecule has 1 aliphatic rings. The zero-order valence-electron chi connectivity index (χ0n) is 11.5. The summed E-state index contributed by atoms with van der Waals surface area (Å²) in [6.45, 7) is 2.01. The van der Waals surface area contributed by atoms with Gasteiger partial charge in [0.15, 0.2) is 5.82 Å². The van der Waals surface area contributed by atoms with Gasteiger partial charge in [-0.2, -0.15) is 4.98 Å². The second kappa shape index (κ2) is 5.21. The molecular weight excluding hydrogens is 266 g/mol. The number of hydrogen-bond acceptors (Lipinski definition) is 6. The summed E-state index contributed by atoms with van der Waals surface area (Å²) in [6.07, 6.45) is 3.77. The summed E-state index contributed by atoms with van der Waals surface area (Å²) < 4.78 is 5.37. The first-order valence-electron chi connectivity index (χ1n) is 7.16. The van der Waals surface area contributed by atoms with E-state index in [1.165, 1.54) is 0 Å². The highest BCUT2D eigenvalue weighted by atomic mass is 16.5. The lowest BCUT2D eigenvalue weighted by atomic mass is 9.98. The standard InChI is InChI=1S/C15H15N5O/c1-2-4-12-11(3-1)17-9-13(18-12)15-19-14(20-21-15)10-5-7-16-8-6-10/h1-4,9-10,16H,5-8H2. The molecule has 0 bridgehead atoms. The molecule has 106 valence electrons. The molecule has 1 saturated heterocycles. The summed E-state index contributed by atoms with van der Waals surface area (Å²) >= 11 is 0. The van der Waals surface area contributed by atoms with E-state index in [1.54, 1.807) is 6.20 Å². The van der Waals surface area contributed by atoms with Gasteiger partial charge >= 0.3 is 0 Å². The van der Waals surface area contributed by atoms with E-state index >= 15 is 0 Å². The van der Waals surface area contributed by atoms with Crippen LogP contribution in [0.4, 0.5) is 0 Å². The first kappa shape index (κ1) is 12.4. The molecule has 1 aliphatic heterocycles. The maximum Gasteiger partial charge on any atom is 0.278 e. The van der Waals surface area contributed by atoms with Crippen molar-refractivity contribution in [3.63, 3.8) is 0 Å². The van der Waals surface area contributed by atoms with Gasteiger partial charge in [-0.1, -0.05) is 17.3 Å². The van der Waals surface area contributed by atoms with Crippen molar-refractivity contribution >= 4 is 11.0 Å². The van der Waals surface area contributed by atoms with Gasteiger partial charge in [0.1, 0.15) is 5.69 Å². The van der Waals surface area contributed by atoms with Gasteiger partial charge < -0.3 is 9.84 Å². The summed E-state index contributed by atoms with van der Waals surface area (Å²) in [5.41, 5.74) is 2.32. The van der Waals surface area contributed by atoms with Crippen LogP contribution in [0.5, 0.6) is 0 Å². The van der Waals surface area contributed by atoms with Crippen LogP contribution in [0.15, 0.2) is 35.0 Å². The summed E-state index contributed by atoms with van der Waals surface area (Å²) in [7, 11) is 0. The van der Waals surface area contributed by atoms with Crippen molar-refractivity contribution in [1.29, 1.82) is 0 Å². The van der Waals surface area contributed by atoms with Gasteiger partial charge in [-0.3, -0.25) is 4.98 Å². The van der Waals surface area contributed by atoms with Crippen molar-refractivity contribution in [3.8, 4) is 11.6 Å². The maximum absolute atomic E-state index is 5.37. The second-order valence-corrected chi connectivity index (χ2v) is 5.23. The predicted octanol–water partition coefficient (Wildman–Crippen LogP) is 2.15. The number of nitrogens with zero attached hydrogens (tertiary/aromatic N) is 4. The first-order valence-corrected chi connectivity index (χ1v) is 7.16. The summed E-state index contributed by atoms with van der Waals surface area (Å²) in [5, 5.41) is 7.45. The van der Waals surface area contributed by atoms with Crippen LogP contribution < -0.4 is 5.32 Å². The number of nitrogens with one attached hydrogen (secondary N) is 1. The second-order valence-electron chi connectivity index (χ2n) is 5.23. The number of fused-ring (bicyclic) bond motifs is 1. The van der Waals surface area contributed by atoms with Gasteiger partial charge in [0.25, 0.3) is 5.89 Å². The Morgan fingerprint density at radius 3 is 2.71 bits per heavy atom. The molecule has 0 atom stereocenters. The van der Waals surface area contributed by atoms with Crippen molar-refractivity contribution in [2.45, 2.75) is 18.8 Å². The van der Waals surface area contributed by atoms with E-state index in [0.29, 0.717) is 17.5 Å². The molecule has 4 rings (SSSR count). The Kier molecular flexibility index (Phi) is 3.08. The van der Waals surface area contributed by atoms with Crippen molar-refractivity contribution in [1.82, 2.24) is 25.4 Å². The lowest BCUT2D eigenvalue weighted by molar-refractivity contribution is 0.391. The molecule has 3 heterocycles. The zero-order chi connectivity index (χ0) is 14.1. The highest BCUT2D eigenvalue weighted by Gasteiger charge is 2.21. The number of rotatable bonds is 2. The minimum Gasteiger partial charge on any atom is -0.332 e. The van der Waals surface area contributed by atoms with Gasteiger partial charge in [0.2, 0.25) is 0 Å². The van der Waals surface area contributed by atoms with Crippen LogP contribution in [0.2, 0.25) is 0 Å². The number of hydrogen-bond donors (Lipinski definition) is 1. The average molecular weight is 281 g/mol. The Labute approximate surface area is 121 Å². The fourth-order valence-electron chi connectivity index (χ4n) is 2.65.